The quantitative estimate of drug-likeness (QED) is 0.413. The molecule has 8 nitrogen and oxygen atoms in total. The molecule has 3 aromatic rings. The third-order valence-corrected chi connectivity index (χ3v) is 6.88. The Hall–Kier alpha value is -3.04. The second kappa shape index (κ2) is 10.1. The van der Waals surface area contributed by atoms with Crippen LogP contribution in [0.1, 0.15) is 53.6 Å². The van der Waals surface area contributed by atoms with Gasteiger partial charge in [-0.25, -0.2) is 14.8 Å². The minimum absolute atomic E-state index is 0.00299. The number of nitrogens with zero attached hydrogens (tertiary/aromatic N) is 2. The van der Waals surface area contributed by atoms with E-state index in [0.717, 1.165) is 31.2 Å². The zero-order valence-electron chi connectivity index (χ0n) is 17.7. The van der Waals surface area contributed by atoms with Gasteiger partial charge in [0.25, 0.3) is 0 Å². The molecule has 32 heavy (non-hydrogen) atoms. The number of hydrogen-bond acceptors (Lipinski definition) is 6. The van der Waals surface area contributed by atoms with E-state index in [-0.39, 0.29) is 23.6 Å². The van der Waals surface area contributed by atoms with Crippen LogP contribution < -0.4 is 11.1 Å². The number of nitrogens with one attached hydrogen (secondary N) is 2. The number of rotatable bonds is 8. The highest BCUT2D eigenvalue weighted by Gasteiger charge is 2.28. The lowest BCUT2D eigenvalue weighted by molar-refractivity contribution is -0.127. The summed E-state index contributed by atoms with van der Waals surface area (Å²) < 4.78 is 0. The van der Waals surface area contributed by atoms with Gasteiger partial charge >= 0.3 is 5.97 Å². The summed E-state index contributed by atoms with van der Waals surface area (Å²) in [6.07, 6.45) is 5.97. The summed E-state index contributed by atoms with van der Waals surface area (Å²) >= 11 is 1.23. The number of thiazole rings is 1. The standard InChI is InChI=1S/C23H27N5O3S/c24-11-15-6-8-16(9-7-15)21(29)27-17(10-14-4-2-1-3-5-14)20-25-12-18(26-20)22-28-19(13-32-22)23(30)31/h1-5,12-13,15-17H,6-11,24H2,(H,25,26)(H,27,29)(H,30,31)/t15?,16?,17-/m0/s1. The number of aromatic amines is 1. The van der Waals surface area contributed by atoms with Crippen LogP contribution in [0.4, 0.5) is 0 Å². The summed E-state index contributed by atoms with van der Waals surface area (Å²) in [7, 11) is 0. The van der Waals surface area contributed by atoms with Crippen molar-refractivity contribution >= 4 is 23.2 Å². The Morgan fingerprint density at radius 2 is 1.94 bits per heavy atom. The second-order valence-electron chi connectivity index (χ2n) is 8.22. The predicted octanol–water partition coefficient (Wildman–Crippen LogP) is 3.40. The average molecular weight is 454 g/mol. The molecule has 1 aliphatic carbocycles. The number of carbonyl (C=O) groups is 2. The Labute approximate surface area is 190 Å². The number of carboxylic acid groups (broad SMARTS) is 1. The van der Waals surface area contributed by atoms with Gasteiger partial charge in [0.15, 0.2) is 5.69 Å². The highest BCUT2D eigenvalue weighted by atomic mass is 32.1. The number of amides is 1. The molecule has 0 aliphatic heterocycles. The van der Waals surface area contributed by atoms with Crippen LogP contribution in [0.3, 0.4) is 0 Å². The molecule has 1 aliphatic rings. The van der Waals surface area contributed by atoms with Crippen LogP contribution in [0.2, 0.25) is 0 Å². The van der Waals surface area contributed by atoms with E-state index < -0.39 is 5.97 Å². The summed E-state index contributed by atoms with van der Waals surface area (Å²) in [4.78, 5) is 36.1. The fourth-order valence-corrected chi connectivity index (χ4v) is 4.88. The van der Waals surface area contributed by atoms with Crippen molar-refractivity contribution in [3.63, 3.8) is 0 Å². The van der Waals surface area contributed by atoms with Crippen LogP contribution in [0, 0.1) is 11.8 Å². The van der Waals surface area contributed by atoms with Crippen LogP contribution in [0.5, 0.6) is 0 Å². The van der Waals surface area contributed by atoms with Gasteiger partial charge in [-0.15, -0.1) is 11.3 Å². The van der Waals surface area contributed by atoms with Gasteiger partial charge in [0, 0.05) is 17.5 Å². The highest BCUT2D eigenvalue weighted by Crippen LogP contribution is 2.30. The molecule has 2 aromatic heterocycles. The maximum atomic E-state index is 13.1. The number of nitrogens with two attached hydrogens (primary N) is 1. The number of H-pyrrole nitrogens is 1. The van der Waals surface area contributed by atoms with Crippen molar-refractivity contribution in [2.24, 2.45) is 17.6 Å². The summed E-state index contributed by atoms with van der Waals surface area (Å²) in [5.74, 6) is 0.104. The number of carboxylic acids is 1. The Kier molecular flexibility index (Phi) is 6.96. The van der Waals surface area contributed by atoms with Gasteiger partial charge in [0.1, 0.15) is 16.5 Å². The largest absolute Gasteiger partial charge is 0.476 e. The number of aromatic carboxylic acids is 1. The summed E-state index contributed by atoms with van der Waals surface area (Å²) in [6.45, 7) is 0.681. The number of hydrogen-bond donors (Lipinski definition) is 4. The lowest BCUT2D eigenvalue weighted by atomic mass is 9.81. The number of imidazole rings is 1. The highest BCUT2D eigenvalue weighted by molar-refractivity contribution is 7.13. The minimum atomic E-state index is -1.07. The number of carbonyl (C=O) groups excluding carboxylic acids is 1. The Morgan fingerprint density at radius 3 is 2.59 bits per heavy atom. The fourth-order valence-electron chi connectivity index (χ4n) is 4.13. The van der Waals surface area contributed by atoms with E-state index in [4.69, 9.17) is 10.8 Å². The van der Waals surface area contributed by atoms with E-state index in [1.54, 1.807) is 6.20 Å². The van der Waals surface area contributed by atoms with Gasteiger partial charge in [0.05, 0.1) is 6.04 Å². The van der Waals surface area contributed by atoms with Crippen LogP contribution in [0.15, 0.2) is 41.9 Å². The van der Waals surface area contributed by atoms with Crippen LogP contribution in [-0.4, -0.2) is 38.5 Å². The Balaban J connectivity index is 1.52. The molecular weight excluding hydrogens is 426 g/mol. The molecule has 4 rings (SSSR count). The lowest BCUT2D eigenvalue weighted by Gasteiger charge is -2.28. The molecular formula is C23H27N5O3S. The average Bonchev–Trinajstić information content (AvgIpc) is 3.49. The lowest BCUT2D eigenvalue weighted by Crippen LogP contribution is -2.37. The van der Waals surface area contributed by atoms with E-state index in [1.165, 1.54) is 16.7 Å². The van der Waals surface area contributed by atoms with Crippen LogP contribution in [0.25, 0.3) is 10.7 Å². The van der Waals surface area contributed by atoms with E-state index in [1.807, 2.05) is 30.3 Å². The normalized spacial score (nSPS) is 19.4. The molecule has 1 fully saturated rings. The topological polar surface area (TPSA) is 134 Å². The fraction of sp³-hybridized carbons (Fsp3) is 0.391. The molecule has 2 heterocycles. The smallest absolute Gasteiger partial charge is 0.355 e. The molecule has 0 unspecified atom stereocenters. The molecule has 1 amide bonds. The third-order valence-electron chi connectivity index (χ3n) is 6.02. The monoisotopic (exact) mass is 453 g/mol. The van der Waals surface area contributed by atoms with Crippen molar-refractivity contribution in [2.75, 3.05) is 6.54 Å². The van der Waals surface area contributed by atoms with E-state index >= 15 is 0 Å². The second-order valence-corrected chi connectivity index (χ2v) is 9.08. The first-order chi connectivity index (χ1) is 15.5. The van der Waals surface area contributed by atoms with Crippen LogP contribution in [-0.2, 0) is 11.2 Å². The summed E-state index contributed by atoms with van der Waals surface area (Å²) in [5, 5.41) is 14.3. The third kappa shape index (κ3) is 5.23. The van der Waals surface area contributed by atoms with Gasteiger partial charge in [0.2, 0.25) is 5.91 Å². The molecule has 0 radical (unpaired) electrons. The maximum absolute atomic E-state index is 13.1. The molecule has 168 valence electrons. The first-order valence-corrected chi connectivity index (χ1v) is 11.7. The van der Waals surface area contributed by atoms with Crippen molar-refractivity contribution in [1.29, 1.82) is 0 Å². The van der Waals surface area contributed by atoms with Crippen molar-refractivity contribution in [1.82, 2.24) is 20.3 Å². The Bertz CT molecular complexity index is 1060. The Morgan fingerprint density at radius 1 is 1.19 bits per heavy atom. The van der Waals surface area contributed by atoms with E-state index in [0.29, 0.717) is 35.4 Å². The van der Waals surface area contributed by atoms with Crippen molar-refractivity contribution < 1.29 is 14.7 Å². The zero-order chi connectivity index (χ0) is 22.5. The number of aromatic nitrogens is 3. The molecule has 5 N–H and O–H groups in total. The molecule has 0 saturated heterocycles. The van der Waals surface area contributed by atoms with Gasteiger partial charge in [-0.3, -0.25) is 4.79 Å². The van der Waals surface area contributed by atoms with Crippen molar-refractivity contribution in [2.45, 2.75) is 38.1 Å². The van der Waals surface area contributed by atoms with Gasteiger partial charge in [-0.2, -0.15) is 0 Å². The summed E-state index contributed by atoms with van der Waals surface area (Å²) in [5.41, 5.74) is 7.43. The molecule has 0 bridgehead atoms. The van der Waals surface area contributed by atoms with Gasteiger partial charge in [-0.05, 0) is 50.1 Å². The molecule has 1 atom stereocenters. The summed E-state index contributed by atoms with van der Waals surface area (Å²) in [6, 6.07) is 9.62. The molecule has 1 aromatic carbocycles. The van der Waals surface area contributed by atoms with Crippen molar-refractivity contribution in [3.8, 4) is 10.7 Å². The van der Waals surface area contributed by atoms with Gasteiger partial charge in [-0.1, -0.05) is 30.3 Å². The van der Waals surface area contributed by atoms with Crippen LogP contribution >= 0.6 is 11.3 Å². The molecule has 9 heteroatoms. The molecule has 1 saturated carbocycles. The minimum Gasteiger partial charge on any atom is -0.476 e. The van der Waals surface area contributed by atoms with E-state index in [2.05, 4.69) is 20.3 Å². The first kappa shape index (κ1) is 22.2. The van der Waals surface area contributed by atoms with Crippen molar-refractivity contribution in [3.05, 3.63) is 59.0 Å². The van der Waals surface area contributed by atoms with Gasteiger partial charge < -0.3 is 21.1 Å². The zero-order valence-corrected chi connectivity index (χ0v) is 18.5. The maximum Gasteiger partial charge on any atom is 0.355 e. The molecule has 0 spiro atoms. The number of benzene rings is 1. The van der Waals surface area contributed by atoms with E-state index in [9.17, 15) is 9.59 Å². The SMILES string of the molecule is NCC1CCC(C(=O)N[C@@H](Cc2ccccc2)c2nc(-c3nc(C(=O)O)cs3)c[nH]2)CC1. The predicted molar refractivity (Wildman–Crippen MR) is 122 cm³/mol. The first-order valence-electron chi connectivity index (χ1n) is 10.8.